The fourth-order valence-corrected chi connectivity index (χ4v) is 2.69. The molecule has 0 saturated heterocycles. The average Bonchev–Trinajstić information content (AvgIpc) is 2.79. The Balaban J connectivity index is 2.05. The quantitative estimate of drug-likeness (QED) is 0.644. The first-order valence-corrected chi connectivity index (χ1v) is 7.52. The van der Waals surface area contributed by atoms with E-state index >= 15 is 0 Å². The van der Waals surface area contributed by atoms with E-state index in [2.05, 4.69) is 47.8 Å². The van der Waals surface area contributed by atoms with Crippen molar-refractivity contribution in [1.82, 2.24) is 4.57 Å². The van der Waals surface area contributed by atoms with Gasteiger partial charge in [0.1, 0.15) is 11.4 Å². The van der Waals surface area contributed by atoms with Crippen LogP contribution in [0.4, 0.5) is 5.69 Å². The first kappa shape index (κ1) is 14.4. The Bertz CT molecular complexity index is 831. The van der Waals surface area contributed by atoms with E-state index in [-0.39, 0.29) is 0 Å². The highest BCUT2D eigenvalue weighted by Crippen LogP contribution is 2.28. The topological polar surface area (TPSA) is 26.5 Å². The number of nitrogens with zero attached hydrogens (tertiary/aromatic N) is 2. The van der Waals surface area contributed by atoms with Gasteiger partial charge in [-0.25, -0.2) is 0 Å². The van der Waals surface area contributed by atoms with Crippen LogP contribution in [0.1, 0.15) is 18.2 Å². The van der Waals surface area contributed by atoms with E-state index in [9.17, 15) is 0 Å². The van der Waals surface area contributed by atoms with Crippen LogP contribution in [-0.4, -0.2) is 17.4 Å². The lowest BCUT2D eigenvalue weighted by Gasteiger charge is -2.05. The number of aromatic nitrogens is 1. The van der Waals surface area contributed by atoms with E-state index in [0.29, 0.717) is 6.61 Å². The molecule has 112 valence electrons. The molecule has 0 atom stereocenters. The van der Waals surface area contributed by atoms with Gasteiger partial charge in [-0.05, 0) is 32.0 Å². The molecule has 0 N–H and O–H groups in total. The fraction of sp³-hybridized carbons (Fsp3) is 0.211. The lowest BCUT2D eigenvalue weighted by atomic mass is 10.1. The minimum absolute atomic E-state index is 0.639. The van der Waals surface area contributed by atoms with Crippen molar-refractivity contribution >= 4 is 22.8 Å². The maximum Gasteiger partial charge on any atom is 0.144 e. The van der Waals surface area contributed by atoms with Gasteiger partial charge in [-0.15, -0.1) is 0 Å². The molecule has 0 unspecified atom stereocenters. The Kier molecular flexibility index (Phi) is 3.96. The number of fused-ring (bicyclic) bond motifs is 1. The van der Waals surface area contributed by atoms with E-state index in [1.807, 2.05) is 37.4 Å². The molecule has 0 aliphatic rings. The first-order valence-electron chi connectivity index (χ1n) is 7.52. The Morgan fingerprint density at radius 2 is 1.82 bits per heavy atom. The average molecular weight is 292 g/mol. The summed E-state index contributed by atoms with van der Waals surface area (Å²) < 4.78 is 7.83. The predicted octanol–water partition coefficient (Wildman–Crippen LogP) is 4.64. The number of hydrogen-bond donors (Lipinski definition) is 0. The molecule has 0 amide bonds. The third-order valence-corrected chi connectivity index (χ3v) is 3.95. The number of para-hydroxylation sites is 3. The monoisotopic (exact) mass is 292 g/mol. The summed E-state index contributed by atoms with van der Waals surface area (Å²) in [6.45, 7) is 4.74. The Labute approximate surface area is 130 Å². The second-order valence-corrected chi connectivity index (χ2v) is 5.23. The number of aryl methyl sites for hydroxylation is 1. The van der Waals surface area contributed by atoms with Gasteiger partial charge in [-0.2, -0.15) is 0 Å². The van der Waals surface area contributed by atoms with Crippen molar-refractivity contribution in [1.29, 1.82) is 0 Å². The van der Waals surface area contributed by atoms with Crippen LogP contribution < -0.4 is 4.74 Å². The lowest BCUT2D eigenvalue weighted by molar-refractivity contribution is 0.341. The van der Waals surface area contributed by atoms with E-state index in [1.165, 1.54) is 16.6 Å². The summed E-state index contributed by atoms with van der Waals surface area (Å²) in [6.07, 6.45) is 1.94. The minimum Gasteiger partial charge on any atom is -0.492 e. The molecule has 3 nitrogen and oxygen atoms in total. The van der Waals surface area contributed by atoms with Crippen LogP contribution in [0.3, 0.4) is 0 Å². The summed E-state index contributed by atoms with van der Waals surface area (Å²) in [5.41, 5.74) is 4.44. The van der Waals surface area contributed by atoms with Gasteiger partial charge in [0.15, 0.2) is 0 Å². The third-order valence-electron chi connectivity index (χ3n) is 3.95. The summed E-state index contributed by atoms with van der Waals surface area (Å²) in [5.74, 6) is 0.819. The van der Waals surface area contributed by atoms with Gasteiger partial charge in [0, 0.05) is 35.4 Å². The van der Waals surface area contributed by atoms with Gasteiger partial charge in [-0.3, -0.25) is 4.99 Å². The summed E-state index contributed by atoms with van der Waals surface area (Å²) >= 11 is 0. The summed E-state index contributed by atoms with van der Waals surface area (Å²) in [4.78, 5) is 4.66. The molecule has 1 heterocycles. The highest BCUT2D eigenvalue weighted by atomic mass is 16.5. The molecule has 22 heavy (non-hydrogen) atoms. The SMILES string of the molecule is CCOc1ccccc1N=Cc1c(C)n(C)c2ccccc12. The molecule has 2 aromatic carbocycles. The normalized spacial score (nSPS) is 11.4. The molecule has 3 heteroatoms. The Morgan fingerprint density at radius 1 is 1.09 bits per heavy atom. The van der Waals surface area contributed by atoms with Crippen LogP contribution in [0.25, 0.3) is 10.9 Å². The van der Waals surface area contributed by atoms with Crippen molar-refractivity contribution in [2.45, 2.75) is 13.8 Å². The summed E-state index contributed by atoms with van der Waals surface area (Å²) in [6, 6.07) is 16.3. The van der Waals surface area contributed by atoms with Crippen molar-refractivity contribution in [3.63, 3.8) is 0 Å². The smallest absolute Gasteiger partial charge is 0.144 e. The van der Waals surface area contributed by atoms with E-state index in [0.717, 1.165) is 17.0 Å². The molecule has 3 aromatic rings. The molecular weight excluding hydrogens is 272 g/mol. The van der Waals surface area contributed by atoms with Gasteiger partial charge in [0.25, 0.3) is 0 Å². The van der Waals surface area contributed by atoms with Crippen LogP contribution in [0, 0.1) is 6.92 Å². The summed E-state index contributed by atoms with van der Waals surface area (Å²) in [5, 5.41) is 1.22. The third kappa shape index (κ3) is 2.50. The van der Waals surface area contributed by atoms with Crippen LogP contribution in [0.15, 0.2) is 53.5 Å². The van der Waals surface area contributed by atoms with Crippen LogP contribution in [-0.2, 0) is 7.05 Å². The second kappa shape index (κ2) is 6.06. The zero-order chi connectivity index (χ0) is 15.5. The van der Waals surface area contributed by atoms with E-state index in [1.54, 1.807) is 0 Å². The molecule has 0 saturated carbocycles. The fourth-order valence-electron chi connectivity index (χ4n) is 2.69. The van der Waals surface area contributed by atoms with Gasteiger partial charge in [0.05, 0.1) is 6.61 Å². The van der Waals surface area contributed by atoms with Crippen molar-refractivity contribution in [2.24, 2.45) is 12.0 Å². The largest absolute Gasteiger partial charge is 0.492 e. The van der Waals surface area contributed by atoms with Gasteiger partial charge < -0.3 is 9.30 Å². The Hall–Kier alpha value is -2.55. The number of ether oxygens (including phenoxy) is 1. The van der Waals surface area contributed by atoms with Crippen molar-refractivity contribution in [2.75, 3.05) is 6.61 Å². The number of aliphatic imine (C=N–C) groups is 1. The number of rotatable bonds is 4. The zero-order valence-electron chi connectivity index (χ0n) is 13.2. The molecule has 0 aliphatic carbocycles. The molecular formula is C19H20N2O. The molecule has 0 bridgehead atoms. The summed E-state index contributed by atoms with van der Waals surface area (Å²) in [7, 11) is 2.09. The van der Waals surface area contributed by atoms with Crippen molar-refractivity contribution in [3.05, 3.63) is 59.8 Å². The second-order valence-electron chi connectivity index (χ2n) is 5.23. The Morgan fingerprint density at radius 3 is 2.64 bits per heavy atom. The van der Waals surface area contributed by atoms with Crippen LogP contribution >= 0.6 is 0 Å². The molecule has 0 fully saturated rings. The molecule has 1 aromatic heterocycles. The number of benzene rings is 2. The molecule has 0 aliphatic heterocycles. The van der Waals surface area contributed by atoms with Gasteiger partial charge in [-0.1, -0.05) is 30.3 Å². The van der Waals surface area contributed by atoms with E-state index in [4.69, 9.17) is 4.74 Å². The van der Waals surface area contributed by atoms with Crippen LogP contribution in [0.2, 0.25) is 0 Å². The molecule has 0 radical (unpaired) electrons. The predicted molar refractivity (Wildman–Crippen MR) is 92.5 cm³/mol. The van der Waals surface area contributed by atoms with E-state index < -0.39 is 0 Å². The molecule has 3 rings (SSSR count). The van der Waals surface area contributed by atoms with Crippen molar-refractivity contribution in [3.8, 4) is 5.75 Å². The maximum absolute atomic E-state index is 5.63. The number of hydrogen-bond acceptors (Lipinski definition) is 2. The molecule has 0 spiro atoms. The van der Waals surface area contributed by atoms with Gasteiger partial charge >= 0.3 is 0 Å². The van der Waals surface area contributed by atoms with Gasteiger partial charge in [0.2, 0.25) is 0 Å². The first-order chi connectivity index (χ1) is 10.7. The van der Waals surface area contributed by atoms with Crippen molar-refractivity contribution < 1.29 is 4.74 Å². The lowest BCUT2D eigenvalue weighted by Crippen LogP contribution is -1.93. The standard InChI is InChI=1S/C19H20N2O/c1-4-22-19-12-8-6-10-17(19)20-13-16-14(2)21(3)18-11-7-5-9-15(16)18/h5-13H,4H2,1-3H3. The maximum atomic E-state index is 5.63. The zero-order valence-corrected chi connectivity index (χ0v) is 13.2. The minimum atomic E-state index is 0.639. The highest BCUT2D eigenvalue weighted by molar-refractivity contribution is 6.01. The van der Waals surface area contributed by atoms with Crippen LogP contribution in [0.5, 0.6) is 5.75 Å². The highest BCUT2D eigenvalue weighted by Gasteiger charge is 2.09.